The van der Waals surface area contributed by atoms with Crippen molar-refractivity contribution in [3.05, 3.63) is 17.5 Å². The monoisotopic (exact) mass is 190 g/mol. The lowest BCUT2D eigenvalue weighted by Crippen LogP contribution is -2.14. The molecule has 0 saturated carbocycles. The third kappa shape index (κ3) is 2.63. The highest BCUT2D eigenvalue weighted by Gasteiger charge is 2.09. The lowest BCUT2D eigenvalue weighted by atomic mass is 10.3. The SMILES string of the molecule is CCc1cc(CS(N)(=O)=O)no1. The minimum Gasteiger partial charge on any atom is -0.361 e. The fourth-order valence-electron chi connectivity index (χ4n) is 0.797. The van der Waals surface area contributed by atoms with E-state index in [1.54, 1.807) is 6.07 Å². The molecule has 0 fully saturated rings. The van der Waals surface area contributed by atoms with Gasteiger partial charge in [-0.05, 0) is 0 Å². The van der Waals surface area contributed by atoms with E-state index < -0.39 is 10.0 Å². The summed E-state index contributed by atoms with van der Waals surface area (Å²) in [5.41, 5.74) is 0.356. The van der Waals surface area contributed by atoms with Gasteiger partial charge in [-0.15, -0.1) is 0 Å². The molecule has 6 heteroatoms. The summed E-state index contributed by atoms with van der Waals surface area (Å²) in [6.45, 7) is 1.89. The van der Waals surface area contributed by atoms with Gasteiger partial charge in [0.05, 0.1) is 0 Å². The molecule has 1 heterocycles. The van der Waals surface area contributed by atoms with E-state index in [4.69, 9.17) is 9.66 Å². The summed E-state index contributed by atoms with van der Waals surface area (Å²) in [5, 5.41) is 8.35. The smallest absolute Gasteiger partial charge is 0.214 e. The van der Waals surface area contributed by atoms with Crippen LogP contribution in [0.4, 0.5) is 0 Å². The number of rotatable bonds is 3. The maximum absolute atomic E-state index is 10.6. The maximum atomic E-state index is 10.6. The summed E-state index contributed by atoms with van der Waals surface area (Å²) in [6, 6.07) is 1.59. The van der Waals surface area contributed by atoms with Crippen molar-refractivity contribution in [3.63, 3.8) is 0 Å². The molecule has 0 radical (unpaired) electrons. The molecule has 1 aromatic rings. The number of nitrogens with two attached hydrogens (primary N) is 1. The molecular formula is C6H10N2O3S. The highest BCUT2D eigenvalue weighted by molar-refractivity contribution is 7.88. The molecule has 0 bridgehead atoms. The van der Waals surface area contributed by atoms with Crippen LogP contribution in [0, 0.1) is 0 Å². The van der Waals surface area contributed by atoms with Crippen LogP contribution in [0.25, 0.3) is 0 Å². The minimum absolute atomic E-state index is 0.267. The number of nitrogens with zero attached hydrogens (tertiary/aromatic N) is 1. The van der Waals surface area contributed by atoms with Crippen LogP contribution in [0.1, 0.15) is 18.4 Å². The Labute approximate surface area is 70.6 Å². The van der Waals surface area contributed by atoms with Gasteiger partial charge in [0.25, 0.3) is 0 Å². The molecule has 1 rings (SSSR count). The number of sulfonamides is 1. The lowest BCUT2D eigenvalue weighted by Gasteiger charge is -1.89. The van der Waals surface area contributed by atoms with Crippen LogP contribution in [0.15, 0.2) is 10.6 Å². The summed E-state index contributed by atoms with van der Waals surface area (Å²) in [6.07, 6.45) is 0.692. The Morgan fingerprint density at radius 2 is 2.33 bits per heavy atom. The van der Waals surface area contributed by atoms with Gasteiger partial charge in [-0.3, -0.25) is 0 Å². The Hall–Kier alpha value is -0.880. The van der Waals surface area contributed by atoms with Crippen LogP contribution >= 0.6 is 0 Å². The Morgan fingerprint density at radius 3 is 2.75 bits per heavy atom. The molecule has 2 N–H and O–H groups in total. The molecule has 0 aliphatic heterocycles. The summed E-state index contributed by atoms with van der Waals surface area (Å²) >= 11 is 0. The summed E-state index contributed by atoms with van der Waals surface area (Å²) in [4.78, 5) is 0. The van der Waals surface area contributed by atoms with Crippen molar-refractivity contribution in [1.29, 1.82) is 0 Å². The van der Waals surface area contributed by atoms with Crippen LogP contribution < -0.4 is 5.14 Å². The lowest BCUT2D eigenvalue weighted by molar-refractivity contribution is 0.382. The van der Waals surface area contributed by atoms with Gasteiger partial charge in [-0.25, -0.2) is 13.6 Å². The topological polar surface area (TPSA) is 86.2 Å². The Bertz CT molecular complexity index is 355. The van der Waals surface area contributed by atoms with Crippen molar-refractivity contribution in [3.8, 4) is 0 Å². The zero-order chi connectivity index (χ0) is 9.19. The molecule has 5 nitrogen and oxygen atoms in total. The molecule has 1 aromatic heterocycles. The van der Waals surface area contributed by atoms with E-state index in [1.807, 2.05) is 6.92 Å². The average Bonchev–Trinajstić information content (AvgIpc) is 2.32. The molecule has 68 valence electrons. The van der Waals surface area contributed by atoms with Gasteiger partial charge in [0, 0.05) is 12.5 Å². The van der Waals surface area contributed by atoms with Crippen LogP contribution in [0.2, 0.25) is 0 Å². The predicted octanol–water partition coefficient (Wildman–Crippen LogP) is 0.0255. The number of primary sulfonamides is 1. The molecule has 0 aliphatic carbocycles. The van der Waals surface area contributed by atoms with Gasteiger partial charge in [-0.2, -0.15) is 0 Å². The van der Waals surface area contributed by atoms with E-state index in [0.717, 1.165) is 0 Å². The number of aromatic nitrogens is 1. The van der Waals surface area contributed by atoms with Crippen LogP contribution in [-0.4, -0.2) is 13.6 Å². The van der Waals surface area contributed by atoms with Gasteiger partial charge < -0.3 is 4.52 Å². The first kappa shape index (κ1) is 9.21. The third-order valence-electron chi connectivity index (χ3n) is 1.31. The molecule has 12 heavy (non-hydrogen) atoms. The number of hydrogen-bond acceptors (Lipinski definition) is 4. The molecule has 0 unspecified atom stereocenters. The van der Waals surface area contributed by atoms with Crippen LogP contribution in [0.5, 0.6) is 0 Å². The zero-order valence-electron chi connectivity index (χ0n) is 6.65. The van der Waals surface area contributed by atoms with Crippen molar-refractivity contribution in [1.82, 2.24) is 5.16 Å². The van der Waals surface area contributed by atoms with Gasteiger partial charge >= 0.3 is 0 Å². The van der Waals surface area contributed by atoms with Crippen molar-refractivity contribution in [2.24, 2.45) is 5.14 Å². The predicted molar refractivity (Wildman–Crippen MR) is 42.7 cm³/mol. The zero-order valence-corrected chi connectivity index (χ0v) is 7.47. The van der Waals surface area contributed by atoms with Gasteiger partial charge in [-0.1, -0.05) is 12.1 Å². The summed E-state index contributed by atoms with van der Waals surface area (Å²) < 4.78 is 26.0. The quantitative estimate of drug-likeness (QED) is 0.728. The molecule has 0 saturated heterocycles. The first-order chi connectivity index (χ1) is 5.51. The average molecular weight is 190 g/mol. The standard InChI is InChI=1S/C6H10N2O3S/c1-2-6-3-5(8-11-6)4-12(7,9)10/h3H,2,4H2,1H3,(H2,7,9,10). The van der Waals surface area contributed by atoms with E-state index >= 15 is 0 Å². The first-order valence-electron chi connectivity index (χ1n) is 3.46. The third-order valence-corrected chi connectivity index (χ3v) is 2.00. The van der Waals surface area contributed by atoms with E-state index in [9.17, 15) is 8.42 Å². The van der Waals surface area contributed by atoms with E-state index in [1.165, 1.54) is 0 Å². The second kappa shape index (κ2) is 3.24. The van der Waals surface area contributed by atoms with Crippen molar-refractivity contribution in [2.75, 3.05) is 0 Å². The first-order valence-corrected chi connectivity index (χ1v) is 5.18. The van der Waals surface area contributed by atoms with Gasteiger partial charge in [0.15, 0.2) is 0 Å². The summed E-state index contributed by atoms with van der Waals surface area (Å²) in [5.74, 6) is 0.393. The van der Waals surface area contributed by atoms with Gasteiger partial charge in [0.2, 0.25) is 10.0 Å². The molecule has 0 spiro atoms. The Balaban J connectivity index is 2.78. The Morgan fingerprint density at radius 1 is 1.67 bits per heavy atom. The maximum Gasteiger partial charge on any atom is 0.214 e. The molecule has 0 amide bonds. The van der Waals surface area contributed by atoms with Crippen molar-refractivity contribution < 1.29 is 12.9 Å². The number of aryl methyl sites for hydroxylation is 1. The van der Waals surface area contributed by atoms with Crippen LogP contribution in [-0.2, 0) is 22.2 Å². The normalized spacial score (nSPS) is 11.8. The van der Waals surface area contributed by atoms with Crippen molar-refractivity contribution >= 4 is 10.0 Å². The highest BCUT2D eigenvalue weighted by atomic mass is 32.2. The molecule has 0 aliphatic rings. The highest BCUT2D eigenvalue weighted by Crippen LogP contribution is 2.05. The van der Waals surface area contributed by atoms with E-state index in [0.29, 0.717) is 17.9 Å². The summed E-state index contributed by atoms with van der Waals surface area (Å²) in [7, 11) is -3.49. The fourth-order valence-corrected chi connectivity index (χ4v) is 1.34. The van der Waals surface area contributed by atoms with Crippen LogP contribution in [0.3, 0.4) is 0 Å². The molecular weight excluding hydrogens is 180 g/mol. The second-order valence-corrected chi connectivity index (χ2v) is 4.06. The second-order valence-electron chi connectivity index (χ2n) is 2.45. The molecule has 0 atom stereocenters. The Kier molecular flexibility index (Phi) is 2.49. The number of hydrogen-bond donors (Lipinski definition) is 1. The largest absolute Gasteiger partial charge is 0.361 e. The van der Waals surface area contributed by atoms with E-state index in [2.05, 4.69) is 5.16 Å². The van der Waals surface area contributed by atoms with E-state index in [-0.39, 0.29) is 5.75 Å². The fraction of sp³-hybridized carbons (Fsp3) is 0.500. The van der Waals surface area contributed by atoms with Crippen molar-refractivity contribution in [2.45, 2.75) is 19.1 Å². The molecule has 0 aromatic carbocycles. The minimum atomic E-state index is -3.49. The van der Waals surface area contributed by atoms with Gasteiger partial charge in [0.1, 0.15) is 17.2 Å².